The number of halogens is 2. The number of carbonyl (C=O) groups excluding carboxylic acids is 1. The molecule has 1 atom stereocenters. The number of rotatable bonds is 4. The molecule has 0 radical (unpaired) electrons. The van der Waals surface area contributed by atoms with E-state index in [4.69, 9.17) is 9.84 Å². The van der Waals surface area contributed by atoms with Gasteiger partial charge in [0.2, 0.25) is 6.43 Å². The van der Waals surface area contributed by atoms with Crippen molar-refractivity contribution in [3.63, 3.8) is 0 Å². The number of alkyl halides is 2. The summed E-state index contributed by atoms with van der Waals surface area (Å²) >= 11 is 0. The number of carbonyl (C=O) groups is 2. The van der Waals surface area contributed by atoms with Crippen molar-refractivity contribution >= 4 is 11.9 Å². The monoisotopic (exact) mass is 224 g/mol. The smallest absolute Gasteiger partial charge is 0.321 e. The minimum atomic E-state index is -2.85. The molecule has 0 aromatic carbocycles. The zero-order chi connectivity index (χ0) is 12.2. The molecule has 0 aromatic heterocycles. The molecule has 0 spiro atoms. The first-order valence-corrected chi connectivity index (χ1v) is 4.37. The van der Waals surface area contributed by atoms with Gasteiger partial charge in [-0.3, -0.25) is 9.59 Å². The quantitative estimate of drug-likeness (QED) is 0.583. The van der Waals surface area contributed by atoms with E-state index in [1.165, 1.54) is 20.8 Å². The van der Waals surface area contributed by atoms with Crippen LogP contribution in [0.5, 0.6) is 0 Å². The highest BCUT2D eigenvalue weighted by molar-refractivity contribution is 5.94. The fourth-order valence-electron chi connectivity index (χ4n) is 0.849. The molecule has 1 unspecified atom stereocenters. The summed E-state index contributed by atoms with van der Waals surface area (Å²) in [7, 11) is 0. The minimum absolute atomic E-state index is 0.882. The maximum absolute atomic E-state index is 12.0. The third-order valence-electron chi connectivity index (χ3n) is 1.40. The van der Waals surface area contributed by atoms with Gasteiger partial charge in [-0.1, -0.05) is 0 Å². The Hall–Kier alpha value is -1.20. The Kier molecular flexibility index (Phi) is 4.64. The topological polar surface area (TPSA) is 63.6 Å². The molecule has 0 rings (SSSR count). The summed E-state index contributed by atoms with van der Waals surface area (Å²) in [6, 6.07) is 0. The minimum Gasteiger partial charge on any atom is -0.481 e. The van der Waals surface area contributed by atoms with Crippen molar-refractivity contribution in [3.8, 4) is 0 Å². The van der Waals surface area contributed by atoms with Crippen LogP contribution in [0.15, 0.2) is 0 Å². The van der Waals surface area contributed by atoms with Crippen LogP contribution in [-0.4, -0.2) is 29.1 Å². The maximum Gasteiger partial charge on any atom is 0.321 e. The molecule has 0 saturated carbocycles. The first-order valence-electron chi connectivity index (χ1n) is 4.37. The molecule has 0 heterocycles. The molecule has 0 aliphatic rings. The molecule has 0 aliphatic heterocycles. The molecule has 0 fully saturated rings. The van der Waals surface area contributed by atoms with Gasteiger partial charge in [-0.15, -0.1) is 0 Å². The van der Waals surface area contributed by atoms with Gasteiger partial charge in [-0.05, 0) is 20.8 Å². The van der Waals surface area contributed by atoms with Crippen molar-refractivity contribution in [1.82, 2.24) is 0 Å². The van der Waals surface area contributed by atoms with Gasteiger partial charge in [-0.25, -0.2) is 8.78 Å². The van der Waals surface area contributed by atoms with Crippen molar-refractivity contribution in [2.24, 2.45) is 5.92 Å². The lowest BCUT2D eigenvalue weighted by Crippen LogP contribution is -2.33. The van der Waals surface area contributed by atoms with Crippen LogP contribution < -0.4 is 0 Å². The lowest BCUT2D eigenvalue weighted by molar-refractivity contribution is -0.168. The second-order valence-electron chi connectivity index (χ2n) is 4.05. The summed E-state index contributed by atoms with van der Waals surface area (Å²) in [5.74, 6) is -4.52. The summed E-state index contributed by atoms with van der Waals surface area (Å²) in [5.41, 5.74) is -0.882. The molecule has 6 heteroatoms. The highest BCUT2D eigenvalue weighted by Crippen LogP contribution is 2.17. The maximum atomic E-state index is 12.0. The average molecular weight is 224 g/mol. The Labute approximate surface area is 86.2 Å². The summed E-state index contributed by atoms with van der Waals surface area (Å²) in [5, 5.41) is 8.56. The van der Waals surface area contributed by atoms with E-state index in [-0.39, 0.29) is 0 Å². The van der Waals surface area contributed by atoms with Crippen LogP contribution in [0.2, 0.25) is 0 Å². The molecule has 0 amide bonds. The van der Waals surface area contributed by atoms with Crippen LogP contribution in [0.3, 0.4) is 0 Å². The normalized spacial score (nSPS) is 13.7. The van der Waals surface area contributed by atoms with Crippen molar-refractivity contribution in [3.05, 3.63) is 0 Å². The summed E-state index contributed by atoms with van der Waals surface area (Å²) in [4.78, 5) is 21.7. The van der Waals surface area contributed by atoms with E-state index >= 15 is 0 Å². The number of aliphatic carboxylic acids is 1. The predicted molar refractivity (Wildman–Crippen MR) is 47.6 cm³/mol. The van der Waals surface area contributed by atoms with Crippen LogP contribution in [0.4, 0.5) is 8.78 Å². The van der Waals surface area contributed by atoms with Gasteiger partial charge in [0, 0.05) is 6.42 Å². The Morgan fingerprint density at radius 3 is 2.07 bits per heavy atom. The molecule has 0 aliphatic carbocycles. The van der Waals surface area contributed by atoms with Gasteiger partial charge in [0.25, 0.3) is 0 Å². The van der Waals surface area contributed by atoms with Gasteiger partial charge in [0.1, 0.15) is 5.60 Å². The van der Waals surface area contributed by atoms with Gasteiger partial charge in [0.05, 0.1) is 0 Å². The fraction of sp³-hybridized carbons (Fsp3) is 0.778. The molecule has 0 saturated heterocycles. The predicted octanol–water partition coefficient (Wildman–Crippen LogP) is 1.68. The standard InChI is InChI=1S/C9H14F2O4/c1-9(2,3)15-8(14)5(7(12)13)4-6(10)11/h5-6H,4H2,1-3H3,(H,12,13). The van der Waals surface area contributed by atoms with Crippen LogP contribution in [0, 0.1) is 5.92 Å². The SMILES string of the molecule is CC(C)(C)OC(=O)C(CC(F)F)C(=O)O. The van der Waals surface area contributed by atoms with E-state index < -0.39 is 36.3 Å². The molecule has 0 bridgehead atoms. The first-order chi connectivity index (χ1) is 6.63. The van der Waals surface area contributed by atoms with E-state index in [1.54, 1.807) is 0 Å². The van der Waals surface area contributed by atoms with E-state index in [2.05, 4.69) is 0 Å². The number of hydrogen-bond donors (Lipinski definition) is 1. The van der Waals surface area contributed by atoms with Gasteiger partial charge in [-0.2, -0.15) is 0 Å². The molecule has 88 valence electrons. The third-order valence-corrected chi connectivity index (χ3v) is 1.40. The Morgan fingerprint density at radius 2 is 1.80 bits per heavy atom. The molecule has 15 heavy (non-hydrogen) atoms. The second-order valence-corrected chi connectivity index (χ2v) is 4.05. The molecule has 1 N–H and O–H groups in total. The lowest BCUT2D eigenvalue weighted by atomic mass is 10.1. The summed E-state index contributed by atoms with van der Waals surface area (Å²) in [6.07, 6.45) is -3.87. The van der Waals surface area contributed by atoms with Gasteiger partial charge >= 0.3 is 11.9 Å². The van der Waals surface area contributed by atoms with E-state index in [1.807, 2.05) is 0 Å². The number of carboxylic acids is 1. The molecule has 0 aromatic rings. The Morgan fingerprint density at radius 1 is 1.33 bits per heavy atom. The number of hydrogen-bond acceptors (Lipinski definition) is 3. The summed E-state index contributed by atoms with van der Waals surface area (Å²) in [6.45, 7) is 4.60. The fourth-order valence-corrected chi connectivity index (χ4v) is 0.849. The third kappa shape index (κ3) is 5.98. The molecular formula is C9H14F2O4. The van der Waals surface area contributed by atoms with Gasteiger partial charge in [0.15, 0.2) is 5.92 Å². The van der Waals surface area contributed by atoms with Crippen LogP contribution >= 0.6 is 0 Å². The first kappa shape index (κ1) is 13.8. The summed E-state index contributed by atoms with van der Waals surface area (Å²) < 4.78 is 28.6. The molecular weight excluding hydrogens is 210 g/mol. The largest absolute Gasteiger partial charge is 0.481 e. The van der Waals surface area contributed by atoms with Crippen molar-refractivity contribution in [2.45, 2.75) is 39.2 Å². The van der Waals surface area contributed by atoms with Crippen molar-refractivity contribution in [2.75, 3.05) is 0 Å². The highest BCUT2D eigenvalue weighted by atomic mass is 19.3. The second kappa shape index (κ2) is 5.04. The average Bonchev–Trinajstić information content (AvgIpc) is 1.95. The number of carboxylic acid groups (broad SMARTS) is 1. The highest BCUT2D eigenvalue weighted by Gasteiger charge is 2.33. The Balaban J connectivity index is 4.50. The number of ether oxygens (including phenoxy) is 1. The number of esters is 1. The van der Waals surface area contributed by atoms with E-state index in [0.717, 1.165) is 0 Å². The lowest BCUT2D eigenvalue weighted by Gasteiger charge is -2.22. The van der Waals surface area contributed by atoms with Gasteiger partial charge < -0.3 is 9.84 Å². The molecule has 4 nitrogen and oxygen atoms in total. The zero-order valence-corrected chi connectivity index (χ0v) is 8.79. The van der Waals surface area contributed by atoms with E-state index in [0.29, 0.717) is 0 Å². The van der Waals surface area contributed by atoms with Crippen molar-refractivity contribution in [1.29, 1.82) is 0 Å². The van der Waals surface area contributed by atoms with Crippen LogP contribution in [-0.2, 0) is 14.3 Å². The Bertz CT molecular complexity index is 245. The van der Waals surface area contributed by atoms with Crippen molar-refractivity contribution < 1.29 is 28.2 Å². The van der Waals surface area contributed by atoms with Crippen LogP contribution in [0.1, 0.15) is 27.2 Å². The van der Waals surface area contributed by atoms with E-state index in [9.17, 15) is 18.4 Å². The zero-order valence-electron chi connectivity index (χ0n) is 8.79. The van der Waals surface area contributed by atoms with Crippen LogP contribution in [0.25, 0.3) is 0 Å².